The van der Waals surface area contributed by atoms with E-state index >= 15 is 0 Å². The first-order valence-electron chi connectivity index (χ1n) is 7.51. The van der Waals surface area contributed by atoms with Crippen molar-refractivity contribution < 1.29 is 14.6 Å². The Morgan fingerprint density at radius 3 is 2.71 bits per heavy atom. The summed E-state index contributed by atoms with van der Waals surface area (Å²) in [5.41, 5.74) is 6.70. The van der Waals surface area contributed by atoms with Crippen LogP contribution in [-0.2, 0) is 0 Å². The molecule has 0 saturated heterocycles. The lowest BCUT2D eigenvalue weighted by molar-refractivity contribution is 0.0880. The molecule has 0 atom stereocenters. The number of benzene rings is 1. The van der Waals surface area contributed by atoms with Gasteiger partial charge in [0.2, 0.25) is 0 Å². The fourth-order valence-corrected chi connectivity index (χ4v) is 2.86. The Labute approximate surface area is 125 Å². The molecule has 5 heteroatoms. The van der Waals surface area contributed by atoms with Gasteiger partial charge in [-0.3, -0.25) is 4.79 Å². The van der Waals surface area contributed by atoms with E-state index < -0.39 is 0 Å². The number of amides is 1. The summed E-state index contributed by atoms with van der Waals surface area (Å²) in [6.07, 6.45) is 4.17. The molecule has 4 N–H and O–H groups in total. The van der Waals surface area contributed by atoms with Crippen molar-refractivity contribution in [2.24, 2.45) is 5.41 Å². The van der Waals surface area contributed by atoms with Gasteiger partial charge in [0.25, 0.3) is 5.91 Å². The van der Waals surface area contributed by atoms with Crippen LogP contribution in [0, 0.1) is 5.41 Å². The molecule has 0 bridgehead atoms. The maximum absolute atomic E-state index is 12.2. The molecule has 1 aliphatic carbocycles. The fourth-order valence-electron chi connectivity index (χ4n) is 2.86. The van der Waals surface area contributed by atoms with E-state index in [-0.39, 0.29) is 17.9 Å². The molecule has 0 aromatic heterocycles. The maximum atomic E-state index is 12.2. The fraction of sp³-hybridized carbons (Fsp3) is 0.562. The highest BCUT2D eigenvalue weighted by atomic mass is 16.5. The van der Waals surface area contributed by atoms with Crippen molar-refractivity contribution in [2.45, 2.75) is 32.6 Å². The van der Waals surface area contributed by atoms with Gasteiger partial charge in [-0.2, -0.15) is 0 Å². The van der Waals surface area contributed by atoms with Gasteiger partial charge in [-0.25, -0.2) is 0 Å². The normalized spacial score (nSPS) is 16.7. The number of nitrogen functional groups attached to an aromatic ring is 1. The first-order valence-corrected chi connectivity index (χ1v) is 7.51. The van der Waals surface area contributed by atoms with Crippen LogP contribution >= 0.6 is 0 Å². The van der Waals surface area contributed by atoms with Crippen LogP contribution in [0.3, 0.4) is 0 Å². The van der Waals surface area contributed by atoms with Crippen molar-refractivity contribution >= 4 is 11.6 Å². The molecule has 1 amide bonds. The van der Waals surface area contributed by atoms with Crippen LogP contribution in [-0.4, -0.2) is 30.8 Å². The number of ether oxygens (including phenoxy) is 1. The van der Waals surface area contributed by atoms with E-state index in [0.29, 0.717) is 30.2 Å². The van der Waals surface area contributed by atoms with Gasteiger partial charge in [-0.05, 0) is 38.0 Å². The van der Waals surface area contributed by atoms with Crippen molar-refractivity contribution in [3.63, 3.8) is 0 Å². The average Bonchev–Trinajstić information content (AvgIpc) is 2.96. The van der Waals surface area contributed by atoms with Crippen molar-refractivity contribution in [3.05, 3.63) is 23.8 Å². The van der Waals surface area contributed by atoms with Gasteiger partial charge < -0.3 is 20.9 Å². The van der Waals surface area contributed by atoms with E-state index in [1.807, 2.05) is 6.92 Å². The Morgan fingerprint density at radius 1 is 1.43 bits per heavy atom. The Morgan fingerprint density at radius 2 is 2.14 bits per heavy atom. The summed E-state index contributed by atoms with van der Waals surface area (Å²) in [4.78, 5) is 12.2. The number of hydrogen-bond acceptors (Lipinski definition) is 4. The second-order valence-electron chi connectivity index (χ2n) is 5.73. The zero-order chi connectivity index (χ0) is 15.3. The average molecular weight is 292 g/mol. The highest BCUT2D eigenvalue weighted by Crippen LogP contribution is 2.37. The van der Waals surface area contributed by atoms with E-state index in [4.69, 9.17) is 10.5 Å². The molecule has 0 heterocycles. The number of nitrogens with two attached hydrogens (primary N) is 1. The number of rotatable bonds is 6. The number of carbonyl (C=O) groups is 1. The van der Waals surface area contributed by atoms with Gasteiger partial charge in [0.15, 0.2) is 0 Å². The summed E-state index contributed by atoms with van der Waals surface area (Å²) in [5, 5.41) is 12.5. The molecular weight excluding hydrogens is 268 g/mol. The monoisotopic (exact) mass is 292 g/mol. The number of nitrogens with one attached hydrogen (secondary N) is 1. The standard InChI is InChI=1S/C16H24N2O3/c1-2-21-14-6-5-12(9-13(14)17)15(20)18-10-16(11-19)7-3-4-8-16/h5-6,9,19H,2-4,7-8,10-11,17H2,1H3,(H,18,20). The van der Waals surface area contributed by atoms with Crippen LogP contribution in [0.25, 0.3) is 0 Å². The van der Waals surface area contributed by atoms with Crippen molar-refractivity contribution in [1.82, 2.24) is 5.32 Å². The predicted octanol–water partition coefficient (Wildman–Crippen LogP) is 1.95. The molecule has 1 aromatic rings. The molecule has 0 spiro atoms. The lowest BCUT2D eigenvalue weighted by Gasteiger charge is -2.26. The molecule has 0 radical (unpaired) electrons. The molecule has 5 nitrogen and oxygen atoms in total. The summed E-state index contributed by atoms with van der Waals surface area (Å²) >= 11 is 0. The molecule has 1 fully saturated rings. The van der Waals surface area contributed by atoms with Gasteiger partial charge in [0.1, 0.15) is 5.75 Å². The Hall–Kier alpha value is -1.75. The highest BCUT2D eigenvalue weighted by molar-refractivity contribution is 5.95. The summed E-state index contributed by atoms with van der Waals surface area (Å²) in [7, 11) is 0. The second kappa shape index (κ2) is 6.80. The summed E-state index contributed by atoms with van der Waals surface area (Å²) < 4.78 is 5.36. The van der Waals surface area contributed by atoms with Crippen molar-refractivity contribution in [3.8, 4) is 5.75 Å². The van der Waals surface area contributed by atoms with E-state index in [1.165, 1.54) is 0 Å². The number of aliphatic hydroxyl groups excluding tert-OH is 1. The number of hydrogen-bond donors (Lipinski definition) is 3. The van der Waals surface area contributed by atoms with Crippen molar-refractivity contribution in [2.75, 3.05) is 25.5 Å². The van der Waals surface area contributed by atoms with Gasteiger partial charge in [0.05, 0.1) is 18.9 Å². The quantitative estimate of drug-likeness (QED) is 0.700. The Kier molecular flexibility index (Phi) is 5.07. The third-order valence-corrected chi connectivity index (χ3v) is 4.20. The Balaban J connectivity index is 1.98. The van der Waals surface area contributed by atoms with Crippen molar-refractivity contribution in [1.29, 1.82) is 0 Å². The van der Waals surface area contributed by atoms with Gasteiger partial charge in [-0.15, -0.1) is 0 Å². The molecule has 2 rings (SSSR count). The molecule has 21 heavy (non-hydrogen) atoms. The van der Waals surface area contributed by atoms with Crippen LogP contribution < -0.4 is 15.8 Å². The molecule has 116 valence electrons. The zero-order valence-electron chi connectivity index (χ0n) is 12.5. The first-order chi connectivity index (χ1) is 10.1. The lowest BCUT2D eigenvalue weighted by atomic mass is 9.87. The minimum atomic E-state index is -0.163. The van der Waals surface area contributed by atoms with Crippen LogP contribution in [0.15, 0.2) is 18.2 Å². The van der Waals surface area contributed by atoms with E-state index in [2.05, 4.69) is 5.32 Å². The molecule has 0 unspecified atom stereocenters. The lowest BCUT2D eigenvalue weighted by Crippen LogP contribution is -2.38. The molecule has 1 aromatic carbocycles. The van der Waals surface area contributed by atoms with Crippen LogP contribution in [0.4, 0.5) is 5.69 Å². The van der Waals surface area contributed by atoms with Gasteiger partial charge in [-0.1, -0.05) is 12.8 Å². The summed E-state index contributed by atoms with van der Waals surface area (Å²) in [6.45, 7) is 3.05. The predicted molar refractivity (Wildman–Crippen MR) is 82.3 cm³/mol. The van der Waals surface area contributed by atoms with Gasteiger partial charge in [0, 0.05) is 17.5 Å². The minimum absolute atomic E-state index is 0.124. The van der Waals surface area contributed by atoms with E-state index in [1.54, 1.807) is 18.2 Å². The van der Waals surface area contributed by atoms with Crippen LogP contribution in [0.2, 0.25) is 0 Å². The minimum Gasteiger partial charge on any atom is -0.492 e. The molecule has 1 saturated carbocycles. The topological polar surface area (TPSA) is 84.6 Å². The highest BCUT2D eigenvalue weighted by Gasteiger charge is 2.33. The smallest absolute Gasteiger partial charge is 0.251 e. The number of anilines is 1. The zero-order valence-corrected chi connectivity index (χ0v) is 12.5. The second-order valence-corrected chi connectivity index (χ2v) is 5.73. The Bertz CT molecular complexity index is 496. The third kappa shape index (κ3) is 3.67. The largest absolute Gasteiger partial charge is 0.492 e. The number of aliphatic hydroxyl groups is 1. The molecule has 0 aliphatic heterocycles. The first kappa shape index (κ1) is 15.6. The third-order valence-electron chi connectivity index (χ3n) is 4.20. The SMILES string of the molecule is CCOc1ccc(C(=O)NCC2(CO)CCCC2)cc1N. The van der Waals surface area contributed by atoms with Crippen LogP contribution in [0.5, 0.6) is 5.75 Å². The summed E-state index contributed by atoms with van der Waals surface area (Å²) in [5.74, 6) is 0.432. The van der Waals surface area contributed by atoms with E-state index in [9.17, 15) is 9.90 Å². The van der Waals surface area contributed by atoms with E-state index in [0.717, 1.165) is 25.7 Å². The summed E-state index contributed by atoms with van der Waals surface area (Å²) in [6, 6.07) is 5.04. The maximum Gasteiger partial charge on any atom is 0.251 e. The number of carbonyl (C=O) groups excluding carboxylic acids is 1. The molecular formula is C16H24N2O3. The molecule has 1 aliphatic rings. The van der Waals surface area contributed by atoms with Gasteiger partial charge >= 0.3 is 0 Å². The van der Waals surface area contributed by atoms with Crippen LogP contribution in [0.1, 0.15) is 43.0 Å².